The van der Waals surface area contributed by atoms with E-state index < -0.39 is 17.7 Å². The fraction of sp³-hybridized carbons (Fsp3) is 0.333. The smallest absolute Gasteiger partial charge is 0.306 e. The van der Waals surface area contributed by atoms with Crippen LogP contribution in [0.1, 0.15) is 12.5 Å². The van der Waals surface area contributed by atoms with E-state index in [-0.39, 0.29) is 0 Å². The summed E-state index contributed by atoms with van der Waals surface area (Å²) in [7, 11) is 0. The van der Waals surface area contributed by atoms with E-state index in [4.69, 9.17) is 5.11 Å². The number of pyridine rings is 1. The molecule has 0 aromatic carbocycles. The monoisotopic (exact) mass is 183 g/mol. The molecule has 0 amide bonds. The first kappa shape index (κ1) is 9.64. The van der Waals surface area contributed by atoms with Crippen molar-refractivity contribution in [2.24, 2.45) is 5.92 Å². The van der Waals surface area contributed by atoms with Gasteiger partial charge in [-0.1, -0.05) is 6.92 Å². The summed E-state index contributed by atoms with van der Waals surface area (Å²) < 4.78 is 12.6. The molecule has 0 spiro atoms. The van der Waals surface area contributed by atoms with Crippen LogP contribution < -0.4 is 0 Å². The number of nitrogens with zero attached hydrogens (tertiary/aromatic N) is 1. The summed E-state index contributed by atoms with van der Waals surface area (Å²) in [6.07, 6.45) is 2.87. The molecule has 0 aliphatic heterocycles. The van der Waals surface area contributed by atoms with Crippen LogP contribution in [-0.4, -0.2) is 16.1 Å². The van der Waals surface area contributed by atoms with E-state index in [1.807, 2.05) is 0 Å². The first-order valence-corrected chi connectivity index (χ1v) is 3.92. The van der Waals surface area contributed by atoms with Gasteiger partial charge in [-0.05, 0) is 18.1 Å². The lowest BCUT2D eigenvalue weighted by Gasteiger charge is -2.04. The van der Waals surface area contributed by atoms with E-state index in [0.717, 1.165) is 6.20 Å². The molecule has 4 heteroatoms. The molecule has 0 unspecified atom stereocenters. The molecule has 0 radical (unpaired) electrons. The van der Waals surface area contributed by atoms with Crippen LogP contribution in [0, 0.1) is 11.7 Å². The van der Waals surface area contributed by atoms with Crippen molar-refractivity contribution in [3.63, 3.8) is 0 Å². The first-order valence-electron chi connectivity index (χ1n) is 3.92. The fourth-order valence-electron chi connectivity index (χ4n) is 1.01. The lowest BCUT2D eigenvalue weighted by atomic mass is 10.0. The molecule has 1 aromatic rings. The van der Waals surface area contributed by atoms with Gasteiger partial charge in [-0.3, -0.25) is 9.78 Å². The van der Waals surface area contributed by atoms with Crippen molar-refractivity contribution in [2.45, 2.75) is 13.3 Å². The van der Waals surface area contributed by atoms with E-state index in [2.05, 4.69) is 4.98 Å². The second-order valence-corrected chi connectivity index (χ2v) is 2.95. The molecule has 0 saturated heterocycles. The predicted molar refractivity (Wildman–Crippen MR) is 44.7 cm³/mol. The third kappa shape index (κ3) is 2.82. The van der Waals surface area contributed by atoms with Crippen LogP contribution in [0.3, 0.4) is 0 Å². The largest absolute Gasteiger partial charge is 0.481 e. The summed E-state index contributed by atoms with van der Waals surface area (Å²) in [5.74, 6) is -1.83. The van der Waals surface area contributed by atoms with Crippen molar-refractivity contribution in [3.8, 4) is 0 Å². The molecule has 13 heavy (non-hydrogen) atoms. The number of aromatic nitrogens is 1. The van der Waals surface area contributed by atoms with E-state index in [9.17, 15) is 9.18 Å². The van der Waals surface area contributed by atoms with Crippen molar-refractivity contribution >= 4 is 5.97 Å². The number of carboxylic acid groups (broad SMARTS) is 1. The van der Waals surface area contributed by atoms with Crippen LogP contribution in [0.2, 0.25) is 0 Å². The van der Waals surface area contributed by atoms with Crippen LogP contribution in [0.25, 0.3) is 0 Å². The summed E-state index contributed by atoms with van der Waals surface area (Å²) in [5, 5.41) is 8.60. The number of hydrogen-bond acceptors (Lipinski definition) is 2. The maximum Gasteiger partial charge on any atom is 0.306 e. The number of carboxylic acids is 1. The van der Waals surface area contributed by atoms with Gasteiger partial charge in [0, 0.05) is 6.20 Å². The molecule has 70 valence electrons. The zero-order valence-corrected chi connectivity index (χ0v) is 7.20. The Balaban J connectivity index is 2.69. The van der Waals surface area contributed by atoms with Crippen LogP contribution >= 0.6 is 0 Å². The molecule has 1 atom stereocenters. The van der Waals surface area contributed by atoms with Crippen LogP contribution in [-0.2, 0) is 11.2 Å². The highest BCUT2D eigenvalue weighted by atomic mass is 19.1. The van der Waals surface area contributed by atoms with Gasteiger partial charge in [0.25, 0.3) is 0 Å². The Hall–Kier alpha value is -1.45. The highest BCUT2D eigenvalue weighted by molar-refractivity contribution is 5.69. The molecule has 0 bridgehead atoms. The van der Waals surface area contributed by atoms with Crippen molar-refractivity contribution in [2.75, 3.05) is 0 Å². The third-order valence-electron chi connectivity index (χ3n) is 1.72. The van der Waals surface area contributed by atoms with Gasteiger partial charge in [-0.2, -0.15) is 0 Å². The molecule has 0 aliphatic rings. The number of aliphatic carboxylic acids is 1. The van der Waals surface area contributed by atoms with E-state index in [1.165, 1.54) is 12.3 Å². The van der Waals surface area contributed by atoms with Gasteiger partial charge in [0.05, 0.1) is 12.1 Å². The van der Waals surface area contributed by atoms with Crippen LogP contribution in [0.5, 0.6) is 0 Å². The van der Waals surface area contributed by atoms with Crippen molar-refractivity contribution in [1.82, 2.24) is 4.98 Å². The number of halogens is 1. The van der Waals surface area contributed by atoms with Gasteiger partial charge >= 0.3 is 5.97 Å². The first-order chi connectivity index (χ1) is 6.09. The van der Waals surface area contributed by atoms with Crippen molar-refractivity contribution < 1.29 is 14.3 Å². The fourth-order valence-corrected chi connectivity index (χ4v) is 1.01. The minimum absolute atomic E-state index is 0.306. The van der Waals surface area contributed by atoms with Gasteiger partial charge in [0.1, 0.15) is 5.82 Å². The minimum atomic E-state index is -0.885. The van der Waals surface area contributed by atoms with Gasteiger partial charge in [-0.25, -0.2) is 4.39 Å². The summed E-state index contributed by atoms with van der Waals surface area (Å²) >= 11 is 0. The summed E-state index contributed by atoms with van der Waals surface area (Å²) in [6, 6.07) is 1.30. The maximum absolute atomic E-state index is 12.6. The molecule has 1 rings (SSSR count). The van der Waals surface area contributed by atoms with E-state index in [1.54, 1.807) is 6.92 Å². The second-order valence-electron chi connectivity index (χ2n) is 2.95. The number of hydrogen-bond donors (Lipinski definition) is 1. The minimum Gasteiger partial charge on any atom is -0.481 e. The maximum atomic E-state index is 12.6. The quantitative estimate of drug-likeness (QED) is 0.772. The predicted octanol–water partition coefficient (Wildman–Crippen LogP) is 1.48. The lowest BCUT2D eigenvalue weighted by Crippen LogP contribution is -2.12. The standard InChI is InChI=1S/C9H10FNO2/c1-6(9(12)13)2-7-3-8(10)5-11-4-7/h3-6H,2H2,1H3,(H,12,13)/t6-/m0/s1. The molecule has 1 aromatic heterocycles. The zero-order valence-electron chi connectivity index (χ0n) is 7.20. The molecule has 1 heterocycles. The molecular weight excluding hydrogens is 173 g/mol. The SMILES string of the molecule is C[C@@H](Cc1cncc(F)c1)C(=O)O. The molecule has 0 aliphatic carbocycles. The normalized spacial score (nSPS) is 12.5. The second kappa shape index (κ2) is 3.98. The highest BCUT2D eigenvalue weighted by Crippen LogP contribution is 2.08. The van der Waals surface area contributed by atoms with E-state index >= 15 is 0 Å². The Kier molecular flexibility index (Phi) is 2.95. The molecular formula is C9H10FNO2. The van der Waals surface area contributed by atoms with Crippen LogP contribution in [0.15, 0.2) is 18.5 Å². The summed E-state index contributed by atoms with van der Waals surface area (Å²) in [6.45, 7) is 1.58. The lowest BCUT2D eigenvalue weighted by molar-refractivity contribution is -0.141. The van der Waals surface area contributed by atoms with Gasteiger partial charge < -0.3 is 5.11 Å². The highest BCUT2D eigenvalue weighted by Gasteiger charge is 2.11. The molecule has 3 nitrogen and oxygen atoms in total. The third-order valence-corrected chi connectivity index (χ3v) is 1.72. The average Bonchev–Trinajstić information content (AvgIpc) is 2.04. The zero-order chi connectivity index (χ0) is 9.84. The Bertz CT molecular complexity index is 314. The number of carbonyl (C=O) groups is 1. The van der Waals surface area contributed by atoms with Crippen molar-refractivity contribution in [3.05, 3.63) is 29.8 Å². The van der Waals surface area contributed by atoms with Crippen LogP contribution in [0.4, 0.5) is 4.39 Å². The summed E-state index contributed by atoms with van der Waals surface area (Å²) in [5.41, 5.74) is 0.606. The molecule has 0 fully saturated rings. The van der Waals surface area contributed by atoms with Gasteiger partial charge in [-0.15, -0.1) is 0 Å². The summed E-state index contributed by atoms with van der Waals surface area (Å²) in [4.78, 5) is 14.1. The number of rotatable bonds is 3. The topological polar surface area (TPSA) is 50.2 Å². The van der Waals surface area contributed by atoms with Gasteiger partial charge in [0.15, 0.2) is 0 Å². The average molecular weight is 183 g/mol. The molecule has 1 N–H and O–H groups in total. The van der Waals surface area contributed by atoms with E-state index in [0.29, 0.717) is 12.0 Å². The Morgan fingerprint density at radius 2 is 2.38 bits per heavy atom. The Labute approximate surface area is 75.2 Å². The molecule has 0 saturated carbocycles. The van der Waals surface area contributed by atoms with Crippen molar-refractivity contribution in [1.29, 1.82) is 0 Å². The van der Waals surface area contributed by atoms with Gasteiger partial charge in [0.2, 0.25) is 0 Å². The Morgan fingerprint density at radius 3 is 2.92 bits per heavy atom. The Morgan fingerprint density at radius 1 is 1.69 bits per heavy atom.